The van der Waals surface area contributed by atoms with Crippen LogP contribution in [0.3, 0.4) is 0 Å². The van der Waals surface area contributed by atoms with Crippen molar-refractivity contribution in [2.75, 3.05) is 11.4 Å². The highest BCUT2D eigenvalue weighted by Gasteiger charge is 2.29. The second-order valence-electron chi connectivity index (χ2n) is 7.70. The third-order valence-electron chi connectivity index (χ3n) is 5.65. The summed E-state index contributed by atoms with van der Waals surface area (Å²) in [5, 5.41) is 19.4. The van der Waals surface area contributed by atoms with Crippen molar-refractivity contribution < 1.29 is 19.4 Å². The summed E-state index contributed by atoms with van der Waals surface area (Å²) >= 11 is 0. The first-order valence-electron chi connectivity index (χ1n) is 10.3. The molecular weight excluding hydrogens is 385 g/mol. The maximum absolute atomic E-state index is 13.5. The molecule has 1 aromatic heterocycles. The Hall–Kier alpha value is -3.22. The molecule has 2 N–H and O–H groups in total. The zero-order valence-corrected chi connectivity index (χ0v) is 16.8. The smallest absolute Gasteiger partial charge is 0.339 e. The van der Waals surface area contributed by atoms with Crippen LogP contribution in [0.25, 0.3) is 22.3 Å². The minimum absolute atomic E-state index is 0.207. The van der Waals surface area contributed by atoms with Gasteiger partial charge in [0.2, 0.25) is 0 Å². The van der Waals surface area contributed by atoms with Gasteiger partial charge in [0.25, 0.3) is 0 Å². The van der Waals surface area contributed by atoms with Gasteiger partial charge >= 0.3 is 5.97 Å². The first kappa shape index (κ1) is 20.1. The van der Waals surface area contributed by atoms with Crippen LogP contribution in [0.15, 0.2) is 36.4 Å². The number of aromatic hydroxyl groups is 1. The molecule has 3 aromatic rings. The number of rotatable bonds is 6. The lowest BCUT2D eigenvalue weighted by molar-refractivity contribution is 0.0694. The van der Waals surface area contributed by atoms with Crippen molar-refractivity contribution in [3.05, 3.63) is 47.8 Å². The van der Waals surface area contributed by atoms with E-state index in [0.29, 0.717) is 28.6 Å². The normalized spacial score (nSPS) is 16.3. The predicted octanol–water partition coefficient (Wildman–Crippen LogP) is 5.00. The summed E-state index contributed by atoms with van der Waals surface area (Å²) in [7, 11) is 0. The van der Waals surface area contributed by atoms with Gasteiger partial charge in [-0.05, 0) is 49.6 Å². The Kier molecular flexibility index (Phi) is 5.53. The van der Waals surface area contributed by atoms with Crippen molar-refractivity contribution >= 4 is 22.8 Å². The highest BCUT2D eigenvalue weighted by molar-refractivity contribution is 5.96. The van der Waals surface area contributed by atoms with Gasteiger partial charge in [0, 0.05) is 24.2 Å². The zero-order valence-electron chi connectivity index (χ0n) is 16.8. The molecule has 1 unspecified atom stereocenters. The first-order valence-corrected chi connectivity index (χ1v) is 10.3. The largest absolute Gasteiger partial charge is 0.507 e. The van der Waals surface area contributed by atoms with Gasteiger partial charge in [-0.2, -0.15) is 0 Å². The molecule has 1 atom stereocenters. The van der Waals surface area contributed by atoms with Gasteiger partial charge in [0.05, 0.1) is 11.0 Å². The monoisotopic (exact) mass is 409 g/mol. The number of hydrogen-bond donors (Lipinski definition) is 2. The topological polar surface area (TPSA) is 86.6 Å². The Morgan fingerprint density at radius 3 is 2.63 bits per heavy atom. The number of aromatic nitrogens is 2. The van der Waals surface area contributed by atoms with E-state index in [2.05, 4.69) is 11.8 Å². The van der Waals surface area contributed by atoms with Crippen LogP contribution < -0.4 is 4.90 Å². The van der Waals surface area contributed by atoms with E-state index in [1.54, 1.807) is 12.1 Å². The molecule has 0 bridgehead atoms. The number of carboxylic acid groups (broad SMARTS) is 1. The third-order valence-corrected chi connectivity index (χ3v) is 5.65. The minimum Gasteiger partial charge on any atom is -0.507 e. The molecule has 0 aliphatic carbocycles. The number of carbonyl (C=O) groups is 1. The van der Waals surface area contributed by atoms with E-state index in [-0.39, 0.29) is 17.1 Å². The number of fused-ring (bicyclic) bond motifs is 1. The molecule has 1 aliphatic heterocycles. The lowest BCUT2D eigenvalue weighted by Gasteiger charge is -2.27. The van der Waals surface area contributed by atoms with Crippen molar-refractivity contribution in [3.63, 3.8) is 0 Å². The van der Waals surface area contributed by atoms with Crippen LogP contribution in [0, 0.1) is 5.82 Å². The zero-order chi connectivity index (χ0) is 21.3. The summed E-state index contributed by atoms with van der Waals surface area (Å²) in [6, 6.07) is 9.11. The summed E-state index contributed by atoms with van der Waals surface area (Å²) in [5.41, 5.74) is 1.93. The van der Waals surface area contributed by atoms with Crippen molar-refractivity contribution in [3.8, 4) is 17.0 Å². The molecule has 0 saturated carbocycles. The third kappa shape index (κ3) is 3.79. The Balaban J connectivity index is 1.90. The highest BCUT2D eigenvalue weighted by atomic mass is 19.1. The summed E-state index contributed by atoms with van der Waals surface area (Å²) in [6.07, 6.45) is 5.39. The van der Waals surface area contributed by atoms with Gasteiger partial charge in [0.15, 0.2) is 5.82 Å². The van der Waals surface area contributed by atoms with Gasteiger partial charge in [-0.15, -0.1) is 0 Å². The fourth-order valence-corrected chi connectivity index (χ4v) is 4.11. The van der Waals surface area contributed by atoms with Crippen LogP contribution in [-0.4, -0.2) is 38.7 Å². The van der Waals surface area contributed by atoms with Gasteiger partial charge in [-0.1, -0.05) is 19.8 Å². The van der Waals surface area contributed by atoms with E-state index in [1.807, 2.05) is 0 Å². The molecule has 0 amide bonds. The number of carboxylic acids is 1. The number of aromatic carboxylic acids is 1. The average molecular weight is 409 g/mol. The maximum Gasteiger partial charge on any atom is 0.339 e. The number of anilines is 1. The number of hydrogen-bond acceptors (Lipinski definition) is 5. The predicted molar refractivity (Wildman–Crippen MR) is 113 cm³/mol. The van der Waals surface area contributed by atoms with E-state index in [4.69, 9.17) is 9.97 Å². The van der Waals surface area contributed by atoms with Gasteiger partial charge in [0.1, 0.15) is 22.8 Å². The van der Waals surface area contributed by atoms with E-state index < -0.39 is 5.97 Å². The Labute approximate surface area is 174 Å². The molecule has 30 heavy (non-hydrogen) atoms. The number of halogens is 1. The van der Waals surface area contributed by atoms with Crippen LogP contribution in [-0.2, 0) is 0 Å². The lowest BCUT2D eigenvalue weighted by Crippen LogP contribution is -2.30. The number of nitrogens with zero attached hydrogens (tertiary/aromatic N) is 3. The van der Waals surface area contributed by atoms with Crippen LogP contribution in [0.4, 0.5) is 10.2 Å². The second-order valence-corrected chi connectivity index (χ2v) is 7.70. The van der Waals surface area contributed by atoms with Crippen molar-refractivity contribution in [1.29, 1.82) is 0 Å². The molecule has 1 fully saturated rings. The van der Waals surface area contributed by atoms with Crippen LogP contribution >= 0.6 is 0 Å². The Bertz CT molecular complexity index is 1090. The van der Waals surface area contributed by atoms with Crippen molar-refractivity contribution in [2.45, 2.75) is 45.1 Å². The Morgan fingerprint density at radius 2 is 1.93 bits per heavy atom. The summed E-state index contributed by atoms with van der Waals surface area (Å²) in [5.74, 6) is -1.24. The lowest BCUT2D eigenvalue weighted by atomic mass is 10.1. The number of benzene rings is 2. The van der Waals surface area contributed by atoms with E-state index in [1.165, 1.54) is 24.3 Å². The molecule has 4 rings (SSSR count). The van der Waals surface area contributed by atoms with E-state index in [0.717, 1.165) is 44.2 Å². The molecule has 0 radical (unpaired) electrons. The number of unbranched alkanes of at least 4 members (excludes halogenated alkanes) is 1. The summed E-state index contributed by atoms with van der Waals surface area (Å²) in [4.78, 5) is 23.2. The molecule has 1 saturated heterocycles. The highest BCUT2D eigenvalue weighted by Crippen LogP contribution is 2.36. The van der Waals surface area contributed by atoms with E-state index in [9.17, 15) is 19.4 Å². The summed E-state index contributed by atoms with van der Waals surface area (Å²) in [6.45, 7) is 3.01. The van der Waals surface area contributed by atoms with Crippen LogP contribution in [0.5, 0.6) is 5.75 Å². The molecule has 6 nitrogen and oxygen atoms in total. The van der Waals surface area contributed by atoms with Crippen LogP contribution in [0.2, 0.25) is 0 Å². The van der Waals surface area contributed by atoms with Crippen molar-refractivity contribution in [2.24, 2.45) is 0 Å². The molecule has 1 aliphatic rings. The Morgan fingerprint density at radius 1 is 1.20 bits per heavy atom. The molecule has 2 aromatic carbocycles. The standard InChI is InChI=1S/C23H24FN3O3/c1-2-3-5-16-6-4-11-27(16)22-21(14-7-9-15(24)10-8-14)25-19-13-20(28)17(23(29)30)12-18(19)26-22/h7-10,12-13,16,28H,2-6,11H2,1H3,(H,29,30). The molecular formula is C23H24FN3O3. The maximum atomic E-state index is 13.5. The van der Waals surface area contributed by atoms with Gasteiger partial charge in [-0.25, -0.2) is 19.2 Å². The minimum atomic E-state index is -1.22. The molecule has 0 spiro atoms. The molecule has 156 valence electrons. The molecule has 7 heteroatoms. The van der Waals surface area contributed by atoms with Crippen LogP contribution in [0.1, 0.15) is 49.4 Å². The summed E-state index contributed by atoms with van der Waals surface area (Å²) < 4.78 is 13.5. The fourth-order valence-electron chi connectivity index (χ4n) is 4.11. The first-order chi connectivity index (χ1) is 14.5. The second kappa shape index (κ2) is 8.26. The SMILES string of the molecule is CCCCC1CCCN1c1nc2cc(C(=O)O)c(O)cc2nc1-c1ccc(F)cc1. The molecule has 2 heterocycles. The van der Waals surface area contributed by atoms with Gasteiger partial charge < -0.3 is 15.1 Å². The van der Waals surface area contributed by atoms with Crippen molar-refractivity contribution in [1.82, 2.24) is 9.97 Å². The quantitative estimate of drug-likeness (QED) is 0.596. The van der Waals surface area contributed by atoms with Gasteiger partial charge in [-0.3, -0.25) is 0 Å². The average Bonchev–Trinajstić information content (AvgIpc) is 3.19. The van der Waals surface area contributed by atoms with E-state index >= 15 is 0 Å². The fraction of sp³-hybridized carbons (Fsp3) is 0.348. The number of phenols is 1.